The largest absolute Gasteiger partial charge is 0.0791 e. The highest BCUT2D eigenvalue weighted by atomic mass is 14.1. The van der Waals surface area contributed by atoms with E-state index in [1.165, 1.54) is 16.7 Å². The van der Waals surface area contributed by atoms with E-state index in [4.69, 9.17) is 0 Å². The normalized spacial score (nSPS) is 12.3. The van der Waals surface area contributed by atoms with Gasteiger partial charge in [0.25, 0.3) is 0 Å². The van der Waals surface area contributed by atoms with Gasteiger partial charge in [-0.05, 0) is 22.1 Å². The van der Waals surface area contributed by atoms with Crippen molar-refractivity contribution < 1.29 is 0 Å². The molecule has 0 aliphatic carbocycles. The fourth-order valence-corrected chi connectivity index (χ4v) is 1.93. The lowest BCUT2D eigenvalue weighted by Gasteiger charge is -2.09. The minimum atomic E-state index is 0.238. The summed E-state index contributed by atoms with van der Waals surface area (Å²) in [6.07, 6.45) is 8.56. The first kappa shape index (κ1) is 14.3. The molecule has 0 radical (unpaired) electrons. The van der Waals surface area contributed by atoms with Gasteiger partial charge in [0.15, 0.2) is 0 Å². The summed E-state index contributed by atoms with van der Waals surface area (Å²) < 4.78 is 0. The number of hydrogen-bond acceptors (Lipinski definition) is 0. The topological polar surface area (TPSA) is 0 Å². The minimum Gasteiger partial charge on any atom is -0.0791 e. The second kappa shape index (κ2) is 6.38. The second-order valence-electron chi connectivity index (χ2n) is 6.07. The average Bonchev–Trinajstić information content (AvgIpc) is 2.44. The molecule has 0 nitrogen and oxygen atoms in total. The molecule has 2 rings (SSSR count). The van der Waals surface area contributed by atoms with Gasteiger partial charge in [0.1, 0.15) is 0 Å². The van der Waals surface area contributed by atoms with Crippen molar-refractivity contribution in [1.82, 2.24) is 0 Å². The summed E-state index contributed by atoms with van der Waals surface area (Å²) in [5.41, 5.74) is 3.98. The van der Waals surface area contributed by atoms with Gasteiger partial charge in [-0.3, -0.25) is 0 Å². The first-order valence-electron chi connectivity index (χ1n) is 7.06. The molecule has 0 aliphatic rings. The van der Waals surface area contributed by atoms with Crippen LogP contribution in [0.4, 0.5) is 0 Å². The Morgan fingerprint density at radius 1 is 0.700 bits per heavy atom. The molecule has 0 aliphatic heterocycles. The van der Waals surface area contributed by atoms with Crippen molar-refractivity contribution >= 4 is 6.08 Å². The van der Waals surface area contributed by atoms with Crippen LogP contribution < -0.4 is 0 Å². The maximum Gasteiger partial charge on any atom is -0.0184 e. The van der Waals surface area contributed by atoms with Crippen LogP contribution >= 0.6 is 0 Å². The third-order valence-corrected chi connectivity index (χ3v) is 3.01. The first-order valence-corrected chi connectivity index (χ1v) is 7.06. The first-order chi connectivity index (χ1) is 9.54. The maximum atomic E-state index is 2.21. The van der Waals surface area contributed by atoms with E-state index < -0.39 is 0 Å². The van der Waals surface area contributed by atoms with Crippen LogP contribution in [0.15, 0.2) is 72.8 Å². The van der Waals surface area contributed by atoms with Gasteiger partial charge in [-0.15, -0.1) is 0 Å². The fourth-order valence-electron chi connectivity index (χ4n) is 1.93. The van der Waals surface area contributed by atoms with E-state index in [0.717, 1.165) is 0 Å². The Balaban J connectivity index is 2.06. The quantitative estimate of drug-likeness (QED) is 0.598. The van der Waals surface area contributed by atoms with E-state index in [1.807, 2.05) is 6.07 Å². The molecule has 0 spiro atoms. The van der Waals surface area contributed by atoms with Crippen LogP contribution in [0, 0.1) is 5.41 Å². The van der Waals surface area contributed by atoms with Gasteiger partial charge < -0.3 is 0 Å². The van der Waals surface area contributed by atoms with Gasteiger partial charge in [0, 0.05) is 0 Å². The van der Waals surface area contributed by atoms with Crippen molar-refractivity contribution in [3.8, 4) is 11.1 Å². The van der Waals surface area contributed by atoms with Crippen LogP contribution in [0.25, 0.3) is 17.2 Å². The average molecular weight is 262 g/mol. The Bertz CT molecular complexity index is 578. The molecule has 0 heteroatoms. The second-order valence-corrected chi connectivity index (χ2v) is 6.07. The zero-order valence-electron chi connectivity index (χ0n) is 12.5. The summed E-state index contributed by atoms with van der Waals surface area (Å²) in [4.78, 5) is 0. The lowest BCUT2D eigenvalue weighted by molar-refractivity contribution is 0.544. The number of benzene rings is 2. The van der Waals surface area contributed by atoms with Crippen molar-refractivity contribution in [2.75, 3.05) is 0 Å². The van der Waals surface area contributed by atoms with Crippen molar-refractivity contribution in [2.24, 2.45) is 5.41 Å². The molecule has 0 fully saturated rings. The predicted molar refractivity (Wildman–Crippen MR) is 89.5 cm³/mol. The Morgan fingerprint density at radius 3 is 1.90 bits per heavy atom. The fraction of sp³-hybridized carbons (Fsp3) is 0.200. The number of hydrogen-bond donors (Lipinski definition) is 0. The molecule has 0 bridgehead atoms. The minimum absolute atomic E-state index is 0.238. The summed E-state index contributed by atoms with van der Waals surface area (Å²) >= 11 is 0. The summed E-state index contributed by atoms with van der Waals surface area (Å²) in [5, 5.41) is 0. The van der Waals surface area contributed by atoms with Gasteiger partial charge in [0.2, 0.25) is 0 Å². The molecule has 20 heavy (non-hydrogen) atoms. The molecule has 0 amide bonds. The van der Waals surface area contributed by atoms with Crippen LogP contribution in [-0.4, -0.2) is 0 Å². The van der Waals surface area contributed by atoms with Gasteiger partial charge in [-0.2, -0.15) is 0 Å². The number of rotatable bonds is 3. The van der Waals surface area contributed by atoms with Crippen molar-refractivity contribution in [2.45, 2.75) is 20.8 Å². The van der Waals surface area contributed by atoms with E-state index in [1.54, 1.807) is 0 Å². The molecule has 0 atom stereocenters. The summed E-state index contributed by atoms with van der Waals surface area (Å²) in [6.45, 7) is 6.60. The Kier molecular flexibility index (Phi) is 4.57. The molecule has 0 N–H and O–H groups in total. The molecule has 0 heterocycles. The standard InChI is InChI=1S/C20H22/c1-20(2,3)16-8-7-9-17-12-14-19(15-13-17)18-10-5-4-6-11-18/h4-16H,1-3H3/b9-7+,16-8+. The summed E-state index contributed by atoms with van der Waals surface area (Å²) in [7, 11) is 0. The molecular weight excluding hydrogens is 240 g/mol. The molecule has 0 unspecified atom stereocenters. The molecule has 0 aromatic heterocycles. The zero-order chi connectivity index (χ0) is 14.4. The third kappa shape index (κ3) is 4.55. The molecular formula is C20H22. The van der Waals surface area contributed by atoms with Crippen LogP contribution in [-0.2, 0) is 0 Å². The van der Waals surface area contributed by atoms with Crippen molar-refractivity contribution in [1.29, 1.82) is 0 Å². The van der Waals surface area contributed by atoms with E-state index in [2.05, 4.69) is 93.6 Å². The van der Waals surface area contributed by atoms with Crippen molar-refractivity contribution in [3.63, 3.8) is 0 Å². The molecule has 0 saturated heterocycles. The summed E-state index contributed by atoms with van der Waals surface area (Å²) in [6, 6.07) is 19.1. The SMILES string of the molecule is CC(C)(C)/C=C/C=C/c1ccc(-c2ccccc2)cc1. The van der Waals surface area contributed by atoms with Crippen LogP contribution in [0.3, 0.4) is 0 Å². The zero-order valence-corrected chi connectivity index (χ0v) is 12.5. The van der Waals surface area contributed by atoms with Gasteiger partial charge >= 0.3 is 0 Å². The highest BCUT2D eigenvalue weighted by Crippen LogP contribution is 2.20. The van der Waals surface area contributed by atoms with Crippen LogP contribution in [0.5, 0.6) is 0 Å². The highest BCUT2D eigenvalue weighted by Gasteiger charge is 2.01. The van der Waals surface area contributed by atoms with E-state index >= 15 is 0 Å². The monoisotopic (exact) mass is 262 g/mol. The van der Waals surface area contributed by atoms with Crippen molar-refractivity contribution in [3.05, 3.63) is 78.4 Å². The predicted octanol–water partition coefficient (Wildman–Crippen LogP) is 5.97. The van der Waals surface area contributed by atoms with Gasteiger partial charge in [-0.1, -0.05) is 99.7 Å². The molecule has 102 valence electrons. The molecule has 2 aromatic carbocycles. The van der Waals surface area contributed by atoms with Crippen LogP contribution in [0.2, 0.25) is 0 Å². The molecule has 0 saturated carbocycles. The Morgan fingerprint density at radius 2 is 1.30 bits per heavy atom. The van der Waals surface area contributed by atoms with Gasteiger partial charge in [-0.25, -0.2) is 0 Å². The lowest BCUT2D eigenvalue weighted by atomic mass is 9.96. The van der Waals surface area contributed by atoms with Crippen LogP contribution in [0.1, 0.15) is 26.3 Å². The third-order valence-electron chi connectivity index (χ3n) is 3.01. The van der Waals surface area contributed by atoms with Gasteiger partial charge in [0.05, 0.1) is 0 Å². The van der Waals surface area contributed by atoms with E-state index in [-0.39, 0.29) is 5.41 Å². The number of allylic oxidation sites excluding steroid dienone is 3. The van der Waals surface area contributed by atoms with E-state index in [9.17, 15) is 0 Å². The molecule has 2 aromatic rings. The highest BCUT2D eigenvalue weighted by molar-refractivity contribution is 5.65. The lowest BCUT2D eigenvalue weighted by Crippen LogP contribution is -1.97. The Hall–Kier alpha value is -2.08. The summed E-state index contributed by atoms with van der Waals surface area (Å²) in [5.74, 6) is 0. The smallest absolute Gasteiger partial charge is 0.0184 e. The maximum absolute atomic E-state index is 2.21. The van der Waals surface area contributed by atoms with E-state index in [0.29, 0.717) is 0 Å². The Labute approximate surface area is 122 Å².